The molecule has 1 aromatic heterocycles. The minimum absolute atomic E-state index is 0.00980. The van der Waals surface area contributed by atoms with Crippen molar-refractivity contribution in [1.29, 1.82) is 0 Å². The second kappa shape index (κ2) is 15.4. The standard InChI is InChI=1S/C46H37N7S/c1-4-10-33(11-5-1)37-24-28-42(29-25-37)52-32-53(43-30-26-38(27-31-43)34-12-6-2-7-13-34)49-46(48-52)41-22-18-36(19-23-41)35-16-20-40(21-17-35)45-47-44(50-54-51-45)39-14-8-3-9-15-39/h1-32,44-45,47,50-51H/q+2. The Morgan fingerprint density at radius 1 is 0.370 bits per heavy atom. The van der Waals surface area contributed by atoms with Crippen LogP contribution in [0.4, 0.5) is 0 Å². The van der Waals surface area contributed by atoms with Gasteiger partial charge in [0.15, 0.2) is 0 Å². The summed E-state index contributed by atoms with van der Waals surface area (Å²) in [6.07, 6.45) is 1.99. The lowest BCUT2D eigenvalue weighted by molar-refractivity contribution is -0.796. The van der Waals surface area contributed by atoms with Gasteiger partial charge in [0.1, 0.15) is 0 Å². The second-order valence-corrected chi connectivity index (χ2v) is 13.8. The summed E-state index contributed by atoms with van der Waals surface area (Å²) in [4.78, 5) is 0. The SMILES string of the molecule is c1ccc(-c2ccc(-[n+]3c[n+](-c4ccc(-c5ccccc5)cc4)nc(-c4ccc(-c5ccc(C6NSNC(c7ccccc7)N6)cc5)cc4)n3)cc2)cc1. The van der Waals surface area contributed by atoms with Crippen molar-refractivity contribution in [2.45, 2.75) is 12.3 Å². The van der Waals surface area contributed by atoms with Gasteiger partial charge >= 0.3 is 6.33 Å². The number of nitrogens with one attached hydrogen (secondary N) is 3. The van der Waals surface area contributed by atoms with Gasteiger partial charge in [-0.2, -0.15) is 0 Å². The van der Waals surface area contributed by atoms with Crippen LogP contribution in [-0.4, -0.2) is 10.2 Å². The van der Waals surface area contributed by atoms with Crippen LogP contribution in [0.1, 0.15) is 23.5 Å². The first-order valence-corrected chi connectivity index (χ1v) is 18.8. The zero-order valence-corrected chi connectivity index (χ0v) is 30.1. The van der Waals surface area contributed by atoms with E-state index in [2.05, 4.69) is 185 Å². The lowest BCUT2D eigenvalue weighted by Gasteiger charge is -2.32. The molecule has 0 amide bonds. The topological polar surface area (TPSA) is 69.6 Å². The van der Waals surface area contributed by atoms with E-state index in [1.165, 1.54) is 34.4 Å². The molecule has 1 saturated heterocycles. The fourth-order valence-electron chi connectivity index (χ4n) is 6.66. The van der Waals surface area contributed by atoms with Crippen molar-refractivity contribution < 1.29 is 9.36 Å². The molecule has 3 N–H and O–H groups in total. The molecule has 1 fully saturated rings. The zero-order valence-electron chi connectivity index (χ0n) is 29.3. The Morgan fingerprint density at radius 2 is 0.722 bits per heavy atom. The van der Waals surface area contributed by atoms with Crippen LogP contribution in [0.5, 0.6) is 0 Å². The van der Waals surface area contributed by atoms with Crippen molar-refractivity contribution >= 4 is 12.1 Å². The van der Waals surface area contributed by atoms with Gasteiger partial charge in [-0.15, -0.1) is 0 Å². The summed E-state index contributed by atoms with van der Waals surface area (Å²) in [6.45, 7) is 0. The maximum absolute atomic E-state index is 5.02. The van der Waals surface area contributed by atoms with Gasteiger partial charge in [-0.25, -0.2) is 9.44 Å². The second-order valence-electron chi connectivity index (χ2n) is 13.1. The van der Waals surface area contributed by atoms with E-state index >= 15 is 0 Å². The van der Waals surface area contributed by atoms with Gasteiger partial charge in [0.2, 0.25) is 11.4 Å². The molecule has 0 spiro atoms. The molecule has 7 nitrogen and oxygen atoms in total. The Bertz CT molecular complexity index is 2360. The van der Waals surface area contributed by atoms with E-state index in [1.807, 2.05) is 33.9 Å². The summed E-state index contributed by atoms with van der Waals surface area (Å²) in [5, 5.41) is 13.7. The summed E-state index contributed by atoms with van der Waals surface area (Å²) in [6, 6.07) is 65.4. The van der Waals surface area contributed by atoms with Crippen molar-refractivity contribution in [3.05, 3.63) is 206 Å². The van der Waals surface area contributed by atoms with E-state index in [1.54, 1.807) is 0 Å². The molecule has 0 saturated carbocycles. The Labute approximate surface area is 319 Å². The smallest absolute Gasteiger partial charge is 0.277 e. The van der Waals surface area contributed by atoms with Crippen LogP contribution in [0.15, 0.2) is 194 Å². The monoisotopic (exact) mass is 719 g/mol. The summed E-state index contributed by atoms with van der Waals surface area (Å²) in [5.74, 6) is 0.618. The van der Waals surface area contributed by atoms with Gasteiger partial charge in [0, 0.05) is 61.5 Å². The third-order valence-electron chi connectivity index (χ3n) is 9.64. The Hall–Kier alpha value is -6.29. The Balaban J connectivity index is 0.998. The van der Waals surface area contributed by atoms with Crippen molar-refractivity contribution in [3.63, 3.8) is 0 Å². The van der Waals surface area contributed by atoms with Gasteiger partial charge in [0.05, 0.1) is 12.3 Å². The lowest BCUT2D eigenvalue weighted by atomic mass is 10.0. The molecule has 8 aromatic rings. The van der Waals surface area contributed by atoms with Crippen LogP contribution < -0.4 is 24.1 Å². The molecule has 260 valence electrons. The van der Waals surface area contributed by atoms with Gasteiger partial charge < -0.3 is 0 Å². The molecule has 7 aromatic carbocycles. The first kappa shape index (κ1) is 33.5. The van der Waals surface area contributed by atoms with Crippen LogP contribution >= 0.6 is 12.1 Å². The quantitative estimate of drug-likeness (QED) is 0.108. The first-order chi connectivity index (χ1) is 26.7. The number of hydrogen-bond acceptors (Lipinski definition) is 6. The van der Waals surface area contributed by atoms with E-state index in [0.29, 0.717) is 5.82 Å². The summed E-state index contributed by atoms with van der Waals surface area (Å²) in [5.41, 5.74) is 12.1. The molecule has 54 heavy (non-hydrogen) atoms. The number of aromatic nitrogens is 4. The van der Waals surface area contributed by atoms with Gasteiger partial charge in [-0.05, 0) is 68.8 Å². The molecule has 0 aliphatic carbocycles. The molecule has 9 rings (SSSR count). The molecule has 1 aliphatic rings. The largest absolute Gasteiger partial charge is 0.469 e. The van der Waals surface area contributed by atoms with Crippen LogP contribution in [-0.2, 0) is 0 Å². The summed E-state index contributed by atoms with van der Waals surface area (Å²) < 4.78 is 10.7. The maximum Gasteiger partial charge on any atom is 0.469 e. The minimum atomic E-state index is 0.00980. The molecular weight excluding hydrogens is 683 g/mol. The first-order valence-electron chi connectivity index (χ1n) is 18.0. The summed E-state index contributed by atoms with van der Waals surface area (Å²) >= 11 is 1.52. The normalized spacial score (nSPS) is 15.5. The molecular formula is C46H37N7S+2. The maximum atomic E-state index is 5.02. The molecule has 0 radical (unpaired) electrons. The van der Waals surface area contributed by atoms with Crippen LogP contribution in [0.25, 0.3) is 56.1 Å². The number of nitrogens with zero attached hydrogens (tertiary/aromatic N) is 4. The molecule has 8 heteroatoms. The number of benzene rings is 7. The average Bonchev–Trinajstić information content (AvgIpc) is 3.27. The predicted octanol–water partition coefficient (Wildman–Crippen LogP) is 8.74. The molecule has 2 heterocycles. The Kier molecular flexibility index (Phi) is 9.54. The fourth-order valence-corrected chi connectivity index (χ4v) is 7.37. The molecule has 0 bridgehead atoms. The number of hydrogen-bond donors (Lipinski definition) is 3. The fraction of sp³-hybridized carbons (Fsp3) is 0.0435. The lowest BCUT2D eigenvalue weighted by Crippen LogP contribution is -2.49. The predicted molar refractivity (Wildman–Crippen MR) is 216 cm³/mol. The van der Waals surface area contributed by atoms with Crippen LogP contribution in [0, 0.1) is 0 Å². The van der Waals surface area contributed by atoms with Crippen molar-refractivity contribution in [1.82, 2.24) is 25.0 Å². The molecule has 2 atom stereocenters. The van der Waals surface area contributed by atoms with Crippen molar-refractivity contribution in [3.8, 4) is 56.1 Å². The van der Waals surface area contributed by atoms with Crippen LogP contribution in [0.2, 0.25) is 0 Å². The Morgan fingerprint density at radius 3 is 1.19 bits per heavy atom. The number of rotatable bonds is 8. The third kappa shape index (κ3) is 7.32. The van der Waals surface area contributed by atoms with E-state index in [0.717, 1.165) is 39.2 Å². The highest BCUT2D eigenvalue weighted by atomic mass is 32.2. The highest BCUT2D eigenvalue weighted by Crippen LogP contribution is 2.28. The highest BCUT2D eigenvalue weighted by molar-refractivity contribution is 7.95. The van der Waals surface area contributed by atoms with E-state index in [-0.39, 0.29) is 12.3 Å². The van der Waals surface area contributed by atoms with Crippen molar-refractivity contribution in [2.75, 3.05) is 0 Å². The van der Waals surface area contributed by atoms with Gasteiger partial charge in [-0.1, -0.05) is 140 Å². The molecule has 1 aliphatic heterocycles. The van der Waals surface area contributed by atoms with Crippen LogP contribution in [0.3, 0.4) is 0 Å². The van der Waals surface area contributed by atoms with Gasteiger partial charge in [-0.3, -0.25) is 5.32 Å². The van der Waals surface area contributed by atoms with E-state index in [4.69, 9.17) is 10.2 Å². The van der Waals surface area contributed by atoms with Crippen molar-refractivity contribution in [2.24, 2.45) is 0 Å². The minimum Gasteiger partial charge on any atom is -0.277 e. The average molecular weight is 720 g/mol. The summed E-state index contributed by atoms with van der Waals surface area (Å²) in [7, 11) is 0. The van der Waals surface area contributed by atoms with E-state index in [9.17, 15) is 0 Å². The third-order valence-corrected chi connectivity index (χ3v) is 10.3. The highest BCUT2D eigenvalue weighted by Gasteiger charge is 2.25. The van der Waals surface area contributed by atoms with Gasteiger partial charge in [0.25, 0.3) is 5.82 Å². The zero-order chi connectivity index (χ0) is 36.1. The molecule has 2 unspecified atom stereocenters. The van der Waals surface area contributed by atoms with E-state index < -0.39 is 0 Å².